The molecule has 6 nitrogen and oxygen atoms in total. The minimum absolute atomic E-state index is 0.0110. The van der Waals surface area contributed by atoms with Crippen LogP contribution >= 0.6 is 11.6 Å². The highest BCUT2D eigenvalue weighted by Gasteiger charge is 2.36. The summed E-state index contributed by atoms with van der Waals surface area (Å²) in [6.07, 6.45) is 2.47. The van der Waals surface area contributed by atoms with Gasteiger partial charge in [0.1, 0.15) is 6.17 Å². The van der Waals surface area contributed by atoms with E-state index in [1.54, 1.807) is 0 Å². The lowest BCUT2D eigenvalue weighted by Gasteiger charge is -2.39. The standard InChI is InChI=1S/C22H23ClN2O4/c23-17-11-14(12-19-20(17)29-10-4-9-28-19)21-24-18-7-2-1-6-16(18)22(26)25(21)13-15-5-3-8-27-15/h1-2,6-7,11-12,15,21,24H,3-5,8-10,13H2. The van der Waals surface area contributed by atoms with E-state index in [-0.39, 0.29) is 18.2 Å². The Labute approximate surface area is 174 Å². The molecular weight excluding hydrogens is 392 g/mol. The molecule has 5 rings (SSSR count). The summed E-state index contributed by atoms with van der Waals surface area (Å²) in [4.78, 5) is 15.2. The van der Waals surface area contributed by atoms with Crippen molar-refractivity contribution in [2.45, 2.75) is 31.5 Å². The molecule has 2 aromatic carbocycles. The maximum atomic E-state index is 13.4. The molecule has 0 aromatic heterocycles. The highest BCUT2D eigenvalue weighted by atomic mass is 35.5. The first-order chi connectivity index (χ1) is 14.2. The van der Waals surface area contributed by atoms with Crippen LogP contribution in [0.3, 0.4) is 0 Å². The van der Waals surface area contributed by atoms with Gasteiger partial charge >= 0.3 is 0 Å². The first kappa shape index (κ1) is 18.6. The van der Waals surface area contributed by atoms with Crippen LogP contribution in [0.2, 0.25) is 5.02 Å². The molecule has 2 atom stereocenters. The Kier molecular flexibility index (Phi) is 4.97. The Morgan fingerprint density at radius 2 is 1.97 bits per heavy atom. The number of carbonyl (C=O) groups is 1. The average Bonchev–Trinajstić information content (AvgIpc) is 3.12. The Bertz CT molecular complexity index is 929. The van der Waals surface area contributed by atoms with Crippen molar-refractivity contribution in [3.05, 3.63) is 52.5 Å². The van der Waals surface area contributed by atoms with Crippen LogP contribution in [0.25, 0.3) is 0 Å². The molecule has 0 spiro atoms. The lowest BCUT2D eigenvalue weighted by molar-refractivity contribution is 0.0426. The number of fused-ring (bicyclic) bond motifs is 2. The van der Waals surface area contributed by atoms with Gasteiger partial charge in [0.05, 0.1) is 29.9 Å². The number of rotatable bonds is 3. The fourth-order valence-corrected chi connectivity index (χ4v) is 4.43. The highest BCUT2D eigenvalue weighted by molar-refractivity contribution is 6.32. The van der Waals surface area contributed by atoms with Crippen molar-refractivity contribution >= 4 is 23.2 Å². The van der Waals surface area contributed by atoms with Crippen LogP contribution in [0, 0.1) is 0 Å². The van der Waals surface area contributed by atoms with Gasteiger partial charge < -0.3 is 24.4 Å². The van der Waals surface area contributed by atoms with Crippen LogP contribution in [0.5, 0.6) is 11.5 Å². The van der Waals surface area contributed by atoms with Crippen molar-refractivity contribution < 1.29 is 19.0 Å². The van der Waals surface area contributed by atoms with E-state index in [0.29, 0.717) is 41.8 Å². The Hall–Kier alpha value is -2.44. The molecule has 0 bridgehead atoms. The van der Waals surface area contributed by atoms with E-state index in [1.165, 1.54) is 0 Å². The predicted molar refractivity (Wildman–Crippen MR) is 110 cm³/mol. The van der Waals surface area contributed by atoms with Crippen LogP contribution in [0.1, 0.15) is 41.3 Å². The maximum Gasteiger partial charge on any atom is 0.257 e. The van der Waals surface area contributed by atoms with Gasteiger partial charge in [-0.25, -0.2) is 0 Å². The minimum Gasteiger partial charge on any atom is -0.489 e. The number of halogens is 1. The number of hydrogen-bond donors (Lipinski definition) is 1. The molecule has 1 fully saturated rings. The molecule has 2 unspecified atom stereocenters. The first-order valence-electron chi connectivity index (χ1n) is 10.1. The van der Waals surface area contributed by atoms with E-state index in [0.717, 1.165) is 37.1 Å². The average molecular weight is 415 g/mol. The number of nitrogens with one attached hydrogen (secondary N) is 1. The molecular formula is C22H23ClN2O4. The second-order valence-electron chi connectivity index (χ2n) is 7.57. The zero-order chi connectivity index (χ0) is 19.8. The van der Waals surface area contributed by atoms with Crippen LogP contribution in [-0.2, 0) is 4.74 Å². The third-order valence-corrected chi connectivity index (χ3v) is 5.87. The number of hydrogen-bond acceptors (Lipinski definition) is 5. The Morgan fingerprint density at radius 1 is 1.10 bits per heavy atom. The molecule has 3 heterocycles. The maximum absolute atomic E-state index is 13.4. The van der Waals surface area contributed by atoms with Crippen molar-refractivity contribution in [1.29, 1.82) is 0 Å². The van der Waals surface area contributed by atoms with Gasteiger partial charge in [-0.2, -0.15) is 0 Å². The van der Waals surface area contributed by atoms with E-state index in [2.05, 4.69) is 5.32 Å². The van der Waals surface area contributed by atoms with Gasteiger partial charge in [-0.05, 0) is 37.1 Å². The predicted octanol–water partition coefficient (Wildman–Crippen LogP) is 4.25. The normalized spacial score (nSPS) is 23.3. The lowest BCUT2D eigenvalue weighted by atomic mass is 10.0. The third-order valence-electron chi connectivity index (χ3n) is 5.59. The summed E-state index contributed by atoms with van der Waals surface area (Å²) >= 11 is 6.53. The van der Waals surface area contributed by atoms with Crippen molar-refractivity contribution in [1.82, 2.24) is 4.90 Å². The molecule has 7 heteroatoms. The van der Waals surface area contributed by atoms with E-state index in [1.807, 2.05) is 41.3 Å². The third kappa shape index (κ3) is 3.51. The summed E-state index contributed by atoms with van der Waals surface area (Å²) < 4.78 is 17.4. The number of ether oxygens (including phenoxy) is 3. The van der Waals surface area contributed by atoms with Crippen LogP contribution < -0.4 is 14.8 Å². The van der Waals surface area contributed by atoms with Gasteiger partial charge in [-0.15, -0.1) is 0 Å². The topological polar surface area (TPSA) is 60.0 Å². The monoisotopic (exact) mass is 414 g/mol. The van der Waals surface area contributed by atoms with E-state index >= 15 is 0 Å². The summed E-state index contributed by atoms with van der Waals surface area (Å²) in [5.41, 5.74) is 2.34. The van der Waals surface area contributed by atoms with Crippen molar-refractivity contribution in [3.63, 3.8) is 0 Å². The van der Waals surface area contributed by atoms with Crippen LogP contribution in [0.15, 0.2) is 36.4 Å². The van der Waals surface area contributed by atoms with E-state index in [9.17, 15) is 4.79 Å². The molecule has 1 amide bonds. The Morgan fingerprint density at radius 3 is 2.83 bits per heavy atom. The first-order valence-corrected chi connectivity index (χ1v) is 10.5. The van der Waals surface area contributed by atoms with Gasteiger partial charge in [-0.3, -0.25) is 4.79 Å². The van der Waals surface area contributed by atoms with Gasteiger partial charge in [-0.1, -0.05) is 23.7 Å². The molecule has 29 heavy (non-hydrogen) atoms. The van der Waals surface area contributed by atoms with Crippen molar-refractivity contribution in [2.75, 3.05) is 31.7 Å². The molecule has 0 radical (unpaired) electrons. The number of benzene rings is 2. The van der Waals surface area contributed by atoms with Crippen molar-refractivity contribution in [2.24, 2.45) is 0 Å². The summed E-state index contributed by atoms with van der Waals surface area (Å²) in [6, 6.07) is 11.4. The number of carbonyl (C=O) groups excluding carboxylic acids is 1. The van der Waals surface area contributed by atoms with Gasteiger partial charge in [0.2, 0.25) is 0 Å². The second kappa shape index (κ2) is 7.76. The van der Waals surface area contributed by atoms with Crippen molar-refractivity contribution in [3.8, 4) is 11.5 Å². The van der Waals surface area contributed by atoms with E-state index in [4.69, 9.17) is 25.8 Å². The Balaban J connectivity index is 1.55. The SMILES string of the molecule is O=C1c2ccccc2NC(c2cc(Cl)c3c(c2)OCCCO3)N1CC1CCCO1. The van der Waals surface area contributed by atoms with Gasteiger partial charge in [0, 0.05) is 30.8 Å². The zero-order valence-electron chi connectivity index (χ0n) is 16.0. The molecule has 1 saturated heterocycles. The fraction of sp³-hybridized carbons (Fsp3) is 0.409. The van der Waals surface area contributed by atoms with Crippen LogP contribution in [0.4, 0.5) is 5.69 Å². The number of para-hydroxylation sites is 1. The molecule has 3 aliphatic heterocycles. The van der Waals surface area contributed by atoms with Gasteiger partial charge in [0.15, 0.2) is 11.5 Å². The molecule has 2 aromatic rings. The lowest BCUT2D eigenvalue weighted by Crippen LogP contribution is -2.46. The minimum atomic E-state index is -0.365. The number of nitrogens with zero attached hydrogens (tertiary/aromatic N) is 1. The summed E-state index contributed by atoms with van der Waals surface area (Å²) in [7, 11) is 0. The number of anilines is 1. The largest absolute Gasteiger partial charge is 0.489 e. The zero-order valence-corrected chi connectivity index (χ0v) is 16.8. The fourth-order valence-electron chi connectivity index (χ4n) is 4.16. The summed E-state index contributed by atoms with van der Waals surface area (Å²) in [6.45, 7) is 2.42. The molecule has 3 aliphatic rings. The molecule has 152 valence electrons. The molecule has 0 aliphatic carbocycles. The molecule has 1 N–H and O–H groups in total. The summed E-state index contributed by atoms with van der Waals surface area (Å²) in [5.74, 6) is 1.18. The second-order valence-corrected chi connectivity index (χ2v) is 7.97. The van der Waals surface area contributed by atoms with E-state index < -0.39 is 0 Å². The quantitative estimate of drug-likeness (QED) is 0.813. The van der Waals surface area contributed by atoms with Gasteiger partial charge in [0.25, 0.3) is 5.91 Å². The summed E-state index contributed by atoms with van der Waals surface area (Å²) in [5, 5.41) is 4.00. The highest BCUT2D eigenvalue weighted by Crippen LogP contribution is 2.42. The smallest absolute Gasteiger partial charge is 0.257 e. The number of amides is 1. The molecule has 0 saturated carbocycles. The van der Waals surface area contributed by atoms with Crippen LogP contribution in [-0.4, -0.2) is 43.3 Å².